The second kappa shape index (κ2) is 16.8. The molecule has 0 fully saturated rings. The van der Waals surface area contributed by atoms with E-state index in [1.807, 2.05) is 0 Å². The third-order valence-electron chi connectivity index (χ3n) is 12.4. The van der Waals surface area contributed by atoms with E-state index in [1.165, 1.54) is 100 Å². The molecule has 0 radical (unpaired) electrons. The molecule has 0 spiro atoms. The van der Waals surface area contributed by atoms with Crippen molar-refractivity contribution in [2.24, 2.45) is 0 Å². The van der Waals surface area contributed by atoms with E-state index in [0.29, 0.717) is 17.3 Å². The van der Waals surface area contributed by atoms with E-state index in [0.717, 1.165) is 16.7 Å². The zero-order valence-corrected chi connectivity index (χ0v) is 38.4. The van der Waals surface area contributed by atoms with Gasteiger partial charge >= 0.3 is 359 Å². The van der Waals surface area contributed by atoms with Crippen LogP contribution in [0, 0.1) is 55.4 Å². The summed E-state index contributed by atoms with van der Waals surface area (Å²) in [5, 5.41) is 0. The van der Waals surface area contributed by atoms with Crippen LogP contribution in [0.5, 0.6) is 0 Å². The van der Waals surface area contributed by atoms with Crippen LogP contribution < -0.4 is 4.46 Å². The van der Waals surface area contributed by atoms with Gasteiger partial charge in [-0.1, -0.05) is 0 Å². The van der Waals surface area contributed by atoms with E-state index < -0.39 is 14.2 Å². The molecule has 0 aliphatic rings. The Morgan fingerprint density at radius 2 is 0.661 bits per heavy atom. The SMILES string of the molecule is Cc1cccc(C)c1-c1cccc(-c2c(C)cccc2C)c1Cc1cc(C(C)(C)C)cc(Cc2c(-c3c(C)cccc3C)cccc2-c2c(C)cccc2C)c1[Se](=O)O. The van der Waals surface area contributed by atoms with Crippen LogP contribution in [-0.2, 0) is 22.1 Å². The predicted molar refractivity (Wildman–Crippen MR) is 252 cm³/mol. The summed E-state index contributed by atoms with van der Waals surface area (Å²) < 4.78 is 26.6. The molecule has 0 aliphatic carbocycles. The molecule has 59 heavy (non-hydrogen) atoms. The fourth-order valence-electron chi connectivity index (χ4n) is 9.50. The Labute approximate surface area is 357 Å². The normalized spacial score (nSPS) is 12.2. The van der Waals surface area contributed by atoms with Gasteiger partial charge in [0.15, 0.2) is 0 Å². The number of hydrogen-bond donors (Lipinski definition) is 1. The first-order valence-electron chi connectivity index (χ1n) is 20.8. The van der Waals surface area contributed by atoms with Gasteiger partial charge in [0, 0.05) is 0 Å². The Morgan fingerprint density at radius 3 is 0.881 bits per heavy atom. The first-order chi connectivity index (χ1) is 28.1. The molecular formula is C56H58O2Se. The van der Waals surface area contributed by atoms with Gasteiger partial charge in [0.2, 0.25) is 0 Å². The van der Waals surface area contributed by atoms with Gasteiger partial charge in [-0.05, 0) is 0 Å². The fraction of sp³-hybridized carbons (Fsp3) is 0.250. The molecule has 0 heterocycles. The summed E-state index contributed by atoms with van der Waals surface area (Å²) in [5.74, 6) is 0. The van der Waals surface area contributed by atoms with Gasteiger partial charge in [0.1, 0.15) is 0 Å². The number of hydrogen-bond acceptors (Lipinski definition) is 1. The molecule has 0 saturated heterocycles. The molecule has 7 aromatic rings. The van der Waals surface area contributed by atoms with Crippen molar-refractivity contribution in [3.8, 4) is 44.5 Å². The molecule has 2 nitrogen and oxygen atoms in total. The van der Waals surface area contributed by atoms with Crippen LogP contribution >= 0.6 is 0 Å². The molecule has 1 N–H and O–H groups in total. The third kappa shape index (κ3) is 8.22. The van der Waals surface area contributed by atoms with Crippen molar-refractivity contribution in [1.82, 2.24) is 0 Å². The second-order valence-electron chi connectivity index (χ2n) is 17.7. The van der Waals surface area contributed by atoms with E-state index in [2.05, 4.69) is 197 Å². The average molecular weight is 842 g/mol. The van der Waals surface area contributed by atoms with Gasteiger partial charge in [-0.2, -0.15) is 0 Å². The maximum atomic E-state index is 14.2. The summed E-state index contributed by atoms with van der Waals surface area (Å²) in [5.41, 5.74) is 24.5. The summed E-state index contributed by atoms with van der Waals surface area (Å²) in [6.07, 6.45) is 1.04. The zero-order valence-electron chi connectivity index (χ0n) is 36.7. The number of aryl methyl sites for hydroxylation is 8. The standard InChI is InChI=1S/C56H58O2Se/c1-34-18-12-19-35(2)51(34)45-26-16-27-46(52-36(3)20-13-21-37(52)4)49(45)32-42-30-44(56(9,10)11)31-43(55(42)59(57)58)33-50-47(53-38(5)22-14-23-39(53)6)28-17-29-48(50)54-40(7)24-15-25-41(54)8/h12-31H,32-33H2,1-11H3,(H,57,58). The molecule has 7 rings (SSSR count). The summed E-state index contributed by atoms with van der Waals surface area (Å²) in [6.45, 7) is 24.3. The average Bonchev–Trinajstić information content (AvgIpc) is 3.16. The van der Waals surface area contributed by atoms with E-state index in [-0.39, 0.29) is 5.41 Å². The van der Waals surface area contributed by atoms with Crippen molar-refractivity contribution < 1.29 is 8.02 Å². The van der Waals surface area contributed by atoms with Crippen molar-refractivity contribution >= 4 is 18.6 Å². The Kier molecular flexibility index (Phi) is 12.0. The minimum atomic E-state index is -3.48. The van der Waals surface area contributed by atoms with Crippen molar-refractivity contribution in [3.63, 3.8) is 0 Å². The molecule has 7 aromatic carbocycles. The molecule has 0 aromatic heterocycles. The van der Waals surface area contributed by atoms with Crippen LogP contribution in [0.15, 0.2) is 121 Å². The second-order valence-corrected chi connectivity index (χ2v) is 19.6. The Morgan fingerprint density at radius 1 is 0.424 bits per heavy atom. The van der Waals surface area contributed by atoms with Gasteiger partial charge in [0.25, 0.3) is 0 Å². The Bertz CT molecular complexity index is 2370. The van der Waals surface area contributed by atoms with Gasteiger partial charge in [-0.3, -0.25) is 0 Å². The summed E-state index contributed by atoms with van der Waals surface area (Å²) in [7, 11) is 0. The molecule has 3 heteroatoms. The first-order valence-corrected chi connectivity index (χ1v) is 23.2. The molecule has 0 bridgehead atoms. The van der Waals surface area contributed by atoms with Gasteiger partial charge in [-0.25, -0.2) is 0 Å². The number of rotatable bonds is 9. The van der Waals surface area contributed by atoms with E-state index >= 15 is 0 Å². The maximum absolute atomic E-state index is 14.2. The molecule has 0 saturated carbocycles. The minimum absolute atomic E-state index is 0.209. The molecule has 0 aliphatic heterocycles. The van der Waals surface area contributed by atoms with E-state index in [1.54, 1.807) is 0 Å². The van der Waals surface area contributed by atoms with Crippen LogP contribution in [0.3, 0.4) is 0 Å². The molecular weight excluding hydrogens is 784 g/mol. The molecule has 1 atom stereocenters. The van der Waals surface area contributed by atoms with Crippen LogP contribution in [-0.4, -0.2) is 18.4 Å². The number of benzene rings is 7. The van der Waals surface area contributed by atoms with Gasteiger partial charge in [-0.15, -0.1) is 0 Å². The van der Waals surface area contributed by atoms with Gasteiger partial charge < -0.3 is 0 Å². The van der Waals surface area contributed by atoms with Gasteiger partial charge in [0.05, 0.1) is 0 Å². The van der Waals surface area contributed by atoms with Crippen molar-refractivity contribution in [1.29, 1.82) is 0 Å². The monoisotopic (exact) mass is 842 g/mol. The van der Waals surface area contributed by atoms with Crippen LogP contribution in [0.25, 0.3) is 44.5 Å². The third-order valence-corrected chi connectivity index (χ3v) is 14.2. The van der Waals surface area contributed by atoms with E-state index in [9.17, 15) is 8.02 Å². The zero-order chi connectivity index (χ0) is 42.3. The molecule has 0 amide bonds. The summed E-state index contributed by atoms with van der Waals surface area (Å²) >= 11 is -3.48. The van der Waals surface area contributed by atoms with Crippen molar-refractivity contribution in [2.75, 3.05) is 0 Å². The van der Waals surface area contributed by atoms with E-state index in [4.69, 9.17) is 0 Å². The molecule has 300 valence electrons. The first kappa shape index (κ1) is 42.0. The predicted octanol–water partition coefficient (Wildman–Crippen LogP) is 13.4. The summed E-state index contributed by atoms with van der Waals surface area (Å²) in [4.78, 5) is 0. The van der Waals surface area contributed by atoms with Crippen molar-refractivity contribution in [2.45, 2.75) is 94.4 Å². The Hall–Kier alpha value is -5.18. The van der Waals surface area contributed by atoms with Crippen LogP contribution in [0.1, 0.15) is 93.1 Å². The quantitative estimate of drug-likeness (QED) is 0.147. The Balaban J connectivity index is 1.55. The van der Waals surface area contributed by atoms with Crippen LogP contribution in [0.4, 0.5) is 0 Å². The topological polar surface area (TPSA) is 37.3 Å². The fourth-order valence-corrected chi connectivity index (χ4v) is 11.0. The van der Waals surface area contributed by atoms with Crippen molar-refractivity contribution in [3.05, 3.63) is 194 Å². The van der Waals surface area contributed by atoms with Crippen LogP contribution in [0.2, 0.25) is 0 Å². The molecule has 1 unspecified atom stereocenters. The summed E-state index contributed by atoms with van der Waals surface area (Å²) in [6, 6.07) is 43.9.